The minimum absolute atomic E-state index is 0.100. The number of carbonyl (C=O) groups is 2. The molecule has 5 N–H and O–H groups in total. The Morgan fingerprint density at radius 2 is 1.95 bits per heavy atom. The lowest BCUT2D eigenvalue weighted by atomic mass is 10.0. The molecule has 2 heterocycles. The number of methoxy groups -OCH3 is 1. The molecule has 1 saturated heterocycles. The van der Waals surface area contributed by atoms with Crippen molar-refractivity contribution >= 4 is 46.2 Å². The van der Waals surface area contributed by atoms with Crippen LogP contribution in [0, 0.1) is 0 Å². The van der Waals surface area contributed by atoms with E-state index in [9.17, 15) is 24.3 Å². The molecular weight excluding hydrogens is 518 g/mol. The van der Waals surface area contributed by atoms with Gasteiger partial charge in [0.1, 0.15) is 22.6 Å². The Bertz CT molecular complexity index is 1470. The summed E-state index contributed by atoms with van der Waals surface area (Å²) < 4.78 is 5.17. The van der Waals surface area contributed by atoms with Crippen LogP contribution in [-0.4, -0.2) is 50.7 Å². The van der Waals surface area contributed by atoms with Crippen LogP contribution in [0.4, 0.5) is 5.69 Å². The van der Waals surface area contributed by atoms with E-state index >= 15 is 0 Å². The van der Waals surface area contributed by atoms with E-state index in [-0.39, 0.29) is 23.1 Å². The van der Waals surface area contributed by atoms with Gasteiger partial charge < -0.3 is 20.5 Å². The van der Waals surface area contributed by atoms with Gasteiger partial charge in [0.2, 0.25) is 17.7 Å². The summed E-state index contributed by atoms with van der Waals surface area (Å²) in [5.41, 5.74) is -0.788. The van der Waals surface area contributed by atoms with Crippen LogP contribution in [0.5, 0.6) is 11.6 Å². The maximum absolute atomic E-state index is 12.6. The minimum Gasteiger partial charge on any atom is -0.497 e. The molecule has 11 nitrogen and oxygen atoms in total. The first-order valence-electron chi connectivity index (χ1n) is 11.0. The standard InChI is InChI=1S/C24H23N5O6S2/c1-35-14-8-6-12(7-9-14)19(18-21(32)27-23(34)28-22(18)33)26-24-29-20(31)16(37-24)11-17(30)25-13-4-3-5-15(10-13)36-2/h3-10,16,19H,11H2,1-2H3,(H,25,30)(H,26,29,31)(H3,27,28,32,33,34). The number of anilines is 1. The Morgan fingerprint density at radius 3 is 2.62 bits per heavy atom. The first-order chi connectivity index (χ1) is 17.8. The third kappa shape index (κ3) is 6.24. The molecule has 4 rings (SSSR count). The number of hydrogen-bond acceptors (Lipinski definition) is 9. The highest BCUT2D eigenvalue weighted by atomic mass is 32.2. The molecule has 13 heteroatoms. The second-order valence-electron chi connectivity index (χ2n) is 7.86. The fraction of sp³-hybridized carbons (Fsp3) is 0.208. The summed E-state index contributed by atoms with van der Waals surface area (Å²) in [7, 11) is 1.51. The molecule has 1 aliphatic rings. The Labute approximate surface area is 219 Å². The molecule has 0 radical (unpaired) electrons. The Kier molecular flexibility index (Phi) is 8.04. The second-order valence-corrected chi connectivity index (χ2v) is 9.93. The topological polar surface area (TPSA) is 166 Å². The van der Waals surface area contributed by atoms with Gasteiger partial charge in [-0.05, 0) is 42.2 Å². The summed E-state index contributed by atoms with van der Waals surface area (Å²) in [4.78, 5) is 59.1. The first-order valence-corrected chi connectivity index (χ1v) is 13.1. The average Bonchev–Trinajstić information content (AvgIpc) is 3.21. The van der Waals surface area contributed by atoms with Gasteiger partial charge in [-0.1, -0.05) is 30.0 Å². The van der Waals surface area contributed by atoms with Crippen LogP contribution < -0.4 is 26.6 Å². The highest BCUT2D eigenvalue weighted by Crippen LogP contribution is 2.32. The van der Waals surface area contributed by atoms with E-state index < -0.39 is 34.3 Å². The fourth-order valence-corrected chi connectivity index (χ4v) is 5.08. The van der Waals surface area contributed by atoms with Crippen LogP contribution in [0.15, 0.2) is 68.0 Å². The number of hydrogen-bond donors (Lipinski definition) is 5. The van der Waals surface area contributed by atoms with E-state index in [0.717, 1.165) is 16.7 Å². The molecule has 2 aromatic carbocycles. The van der Waals surface area contributed by atoms with Crippen LogP contribution in [-0.2, 0) is 9.59 Å². The molecule has 2 unspecified atom stereocenters. The molecule has 1 fully saturated rings. The number of benzene rings is 2. The highest BCUT2D eigenvalue weighted by Gasteiger charge is 2.34. The van der Waals surface area contributed by atoms with Gasteiger partial charge in [0.25, 0.3) is 5.56 Å². The van der Waals surface area contributed by atoms with Gasteiger partial charge in [0, 0.05) is 17.0 Å². The second kappa shape index (κ2) is 11.4. The van der Waals surface area contributed by atoms with Gasteiger partial charge in [0.05, 0.1) is 7.11 Å². The zero-order chi connectivity index (χ0) is 26.5. The van der Waals surface area contributed by atoms with Crippen LogP contribution >= 0.6 is 23.5 Å². The molecule has 2 atom stereocenters. The summed E-state index contributed by atoms with van der Waals surface area (Å²) in [6.45, 7) is 0. The van der Waals surface area contributed by atoms with Crippen LogP contribution in [0.2, 0.25) is 0 Å². The number of nitrogens with one attached hydrogen (secondary N) is 4. The van der Waals surface area contributed by atoms with Crippen LogP contribution in [0.1, 0.15) is 23.6 Å². The van der Waals surface area contributed by atoms with Crippen LogP contribution in [0.25, 0.3) is 0 Å². The van der Waals surface area contributed by atoms with Crippen molar-refractivity contribution in [3.05, 3.63) is 80.5 Å². The third-order valence-electron chi connectivity index (χ3n) is 5.41. The number of nitrogens with zero attached hydrogens (tertiary/aromatic N) is 1. The first kappa shape index (κ1) is 26.1. The lowest BCUT2D eigenvalue weighted by molar-refractivity contribution is -0.122. The average molecular weight is 542 g/mol. The van der Waals surface area contributed by atoms with Gasteiger partial charge in [-0.2, -0.15) is 0 Å². The van der Waals surface area contributed by atoms with E-state index in [4.69, 9.17) is 4.74 Å². The van der Waals surface area contributed by atoms with Crippen molar-refractivity contribution in [2.75, 3.05) is 18.7 Å². The lowest BCUT2D eigenvalue weighted by Crippen LogP contribution is -2.29. The number of aromatic amines is 2. The lowest BCUT2D eigenvalue weighted by Gasteiger charge is -2.15. The maximum atomic E-state index is 12.6. The van der Waals surface area contributed by atoms with Crippen molar-refractivity contribution in [2.24, 2.45) is 4.99 Å². The quantitative estimate of drug-likeness (QED) is 0.271. The SMILES string of the molecule is COc1ccc(C(N=C2NC(=O)C(CC(=O)Nc3cccc(SC)c3)S2)c2c(O)[nH]c(=O)[nH]c2=O)cc1. The Morgan fingerprint density at radius 1 is 1.19 bits per heavy atom. The summed E-state index contributed by atoms with van der Waals surface area (Å²) >= 11 is 2.59. The Balaban J connectivity index is 1.58. The number of ether oxygens (including phenoxy) is 1. The molecule has 2 amide bonds. The number of carbonyl (C=O) groups excluding carboxylic acids is 2. The number of amidine groups is 1. The molecule has 1 aromatic heterocycles. The van der Waals surface area contributed by atoms with Crippen molar-refractivity contribution in [1.29, 1.82) is 0 Å². The smallest absolute Gasteiger partial charge is 0.328 e. The number of H-pyrrole nitrogens is 2. The predicted octanol–water partition coefficient (Wildman–Crippen LogP) is 2.21. The summed E-state index contributed by atoms with van der Waals surface area (Å²) in [5.74, 6) is -0.831. The maximum Gasteiger partial charge on any atom is 0.328 e. The van der Waals surface area contributed by atoms with Crippen molar-refractivity contribution in [3.8, 4) is 11.6 Å². The van der Waals surface area contributed by atoms with Gasteiger partial charge in [-0.3, -0.25) is 24.4 Å². The van der Waals surface area contributed by atoms with Gasteiger partial charge in [0.15, 0.2) is 5.17 Å². The van der Waals surface area contributed by atoms with E-state index in [1.54, 1.807) is 42.1 Å². The minimum atomic E-state index is -1.07. The van der Waals surface area contributed by atoms with E-state index in [1.807, 2.05) is 24.5 Å². The van der Waals surface area contributed by atoms with E-state index in [0.29, 0.717) is 17.0 Å². The van der Waals surface area contributed by atoms with E-state index in [1.165, 1.54) is 7.11 Å². The third-order valence-corrected chi connectivity index (χ3v) is 7.23. The zero-order valence-electron chi connectivity index (χ0n) is 19.7. The Hall–Kier alpha value is -3.97. The molecule has 0 aliphatic carbocycles. The number of aliphatic imine (C=N–C) groups is 1. The highest BCUT2D eigenvalue weighted by molar-refractivity contribution is 8.15. The van der Waals surface area contributed by atoms with Crippen LogP contribution in [0.3, 0.4) is 0 Å². The van der Waals surface area contributed by atoms with Crippen molar-refractivity contribution < 1.29 is 19.4 Å². The number of amides is 2. The summed E-state index contributed by atoms with van der Waals surface area (Å²) in [5, 5.41) is 15.2. The summed E-state index contributed by atoms with van der Waals surface area (Å²) in [6, 6.07) is 12.9. The van der Waals surface area contributed by atoms with Crippen molar-refractivity contribution in [3.63, 3.8) is 0 Å². The molecule has 0 spiro atoms. The molecule has 3 aromatic rings. The van der Waals surface area contributed by atoms with Crippen molar-refractivity contribution in [1.82, 2.24) is 15.3 Å². The molecule has 192 valence electrons. The number of rotatable bonds is 8. The zero-order valence-corrected chi connectivity index (χ0v) is 21.4. The molecule has 37 heavy (non-hydrogen) atoms. The fourth-order valence-electron chi connectivity index (χ4n) is 3.63. The number of aromatic nitrogens is 2. The van der Waals surface area contributed by atoms with Gasteiger partial charge in [-0.15, -0.1) is 11.8 Å². The summed E-state index contributed by atoms with van der Waals surface area (Å²) in [6.07, 6.45) is 1.83. The largest absolute Gasteiger partial charge is 0.497 e. The monoisotopic (exact) mass is 541 g/mol. The van der Waals surface area contributed by atoms with Crippen molar-refractivity contribution in [2.45, 2.75) is 22.6 Å². The molecular formula is C24H23N5O6S2. The van der Waals surface area contributed by atoms with Gasteiger partial charge >= 0.3 is 5.69 Å². The molecule has 1 aliphatic heterocycles. The normalized spacial score (nSPS) is 16.9. The predicted molar refractivity (Wildman–Crippen MR) is 143 cm³/mol. The molecule has 0 saturated carbocycles. The van der Waals surface area contributed by atoms with E-state index in [2.05, 4.69) is 25.6 Å². The van der Waals surface area contributed by atoms with Gasteiger partial charge in [-0.25, -0.2) is 9.79 Å². The number of aromatic hydroxyl groups is 1. The molecule has 0 bridgehead atoms. The number of thioether (sulfide) groups is 2.